The molecule has 2 aromatic rings. The summed E-state index contributed by atoms with van der Waals surface area (Å²) in [5.74, 6) is 0.731. The first kappa shape index (κ1) is 19.9. The molecule has 8 heteroatoms. The molecule has 1 aromatic heterocycles. The smallest absolute Gasteiger partial charge is 0.416 e. The SMILES string of the molecule is CC(CCCCl)CCN1CCNC(=O)c2oc3ccc(C(F)(F)F)cc3c21. The number of carbonyl (C=O) groups is 1. The molecule has 1 aliphatic rings. The maximum absolute atomic E-state index is 13.1. The van der Waals surface area contributed by atoms with Gasteiger partial charge < -0.3 is 14.6 Å². The molecule has 3 rings (SSSR count). The molecule has 0 saturated heterocycles. The molecule has 1 N–H and O–H groups in total. The molecule has 0 spiro atoms. The van der Waals surface area contributed by atoms with E-state index in [9.17, 15) is 18.0 Å². The van der Waals surface area contributed by atoms with Gasteiger partial charge in [0.2, 0.25) is 5.76 Å². The van der Waals surface area contributed by atoms with E-state index in [0.29, 0.717) is 42.5 Å². The summed E-state index contributed by atoms with van der Waals surface area (Å²) in [6.45, 7) is 3.70. The van der Waals surface area contributed by atoms with Crippen LogP contribution < -0.4 is 10.2 Å². The summed E-state index contributed by atoms with van der Waals surface area (Å²) >= 11 is 5.74. The lowest BCUT2D eigenvalue weighted by Gasteiger charge is -2.24. The van der Waals surface area contributed by atoms with Gasteiger partial charge in [0, 0.05) is 30.9 Å². The Hall–Kier alpha value is -1.89. The Kier molecular flexibility index (Phi) is 5.89. The van der Waals surface area contributed by atoms with Crippen molar-refractivity contribution in [2.24, 2.45) is 5.92 Å². The topological polar surface area (TPSA) is 45.5 Å². The summed E-state index contributed by atoms with van der Waals surface area (Å²) < 4.78 is 45.1. The number of carbonyl (C=O) groups excluding carboxylic acids is 1. The first-order valence-electron chi connectivity index (χ1n) is 9.04. The first-order valence-corrected chi connectivity index (χ1v) is 9.57. The standard InChI is InChI=1S/C19H22ClF3N2O2/c1-12(3-2-7-20)6-9-25-10-8-24-18(26)17-16(25)14-11-13(19(21,22)23)4-5-15(14)27-17/h4-5,11-12H,2-3,6-10H2,1H3,(H,24,26). The van der Waals surface area contributed by atoms with E-state index in [1.165, 1.54) is 6.07 Å². The van der Waals surface area contributed by atoms with E-state index in [1.807, 2.05) is 4.90 Å². The van der Waals surface area contributed by atoms with Crippen LogP contribution in [0, 0.1) is 5.92 Å². The number of alkyl halides is 4. The average molecular weight is 403 g/mol. The highest BCUT2D eigenvalue weighted by Gasteiger charge is 2.33. The molecule has 0 radical (unpaired) electrons. The van der Waals surface area contributed by atoms with E-state index in [4.69, 9.17) is 16.0 Å². The summed E-state index contributed by atoms with van der Waals surface area (Å²) in [6.07, 6.45) is -1.67. The lowest BCUT2D eigenvalue weighted by molar-refractivity contribution is -0.137. The van der Waals surface area contributed by atoms with E-state index in [1.54, 1.807) is 0 Å². The Labute approximate surface area is 160 Å². The Balaban J connectivity index is 1.96. The number of furan rings is 1. The summed E-state index contributed by atoms with van der Waals surface area (Å²) in [5, 5.41) is 3.07. The lowest BCUT2D eigenvalue weighted by atomic mass is 10.0. The highest BCUT2D eigenvalue weighted by atomic mass is 35.5. The molecule has 1 amide bonds. The van der Waals surface area contributed by atoms with Gasteiger partial charge in [-0.3, -0.25) is 4.79 Å². The number of hydrogen-bond acceptors (Lipinski definition) is 3. The maximum atomic E-state index is 13.1. The molecule has 2 heterocycles. The van der Waals surface area contributed by atoms with Crippen LogP contribution in [0.5, 0.6) is 0 Å². The third-order valence-electron chi connectivity index (χ3n) is 4.90. The molecule has 1 atom stereocenters. The molecule has 148 valence electrons. The van der Waals surface area contributed by atoms with Crippen molar-refractivity contribution in [1.82, 2.24) is 5.32 Å². The van der Waals surface area contributed by atoms with Crippen LogP contribution in [0.3, 0.4) is 0 Å². The van der Waals surface area contributed by atoms with E-state index in [-0.39, 0.29) is 11.3 Å². The monoisotopic (exact) mass is 402 g/mol. The number of rotatable bonds is 6. The fourth-order valence-corrected chi connectivity index (χ4v) is 3.55. The van der Waals surface area contributed by atoms with Gasteiger partial charge in [-0.15, -0.1) is 11.6 Å². The van der Waals surface area contributed by atoms with Gasteiger partial charge in [0.15, 0.2) is 0 Å². The highest BCUT2D eigenvalue weighted by Crippen LogP contribution is 2.39. The summed E-state index contributed by atoms with van der Waals surface area (Å²) in [5.41, 5.74) is -0.0143. The molecular weight excluding hydrogens is 381 g/mol. The van der Waals surface area contributed by atoms with Crippen molar-refractivity contribution in [2.75, 3.05) is 30.4 Å². The van der Waals surface area contributed by atoms with Gasteiger partial charge in [-0.2, -0.15) is 13.2 Å². The summed E-state index contributed by atoms with van der Waals surface area (Å²) in [7, 11) is 0. The fraction of sp³-hybridized carbons (Fsp3) is 0.526. The number of nitrogens with zero attached hydrogens (tertiary/aromatic N) is 1. The van der Waals surface area contributed by atoms with Gasteiger partial charge in [0.05, 0.1) is 11.3 Å². The highest BCUT2D eigenvalue weighted by molar-refractivity contribution is 6.17. The van der Waals surface area contributed by atoms with Gasteiger partial charge in [-0.1, -0.05) is 6.92 Å². The molecule has 1 aromatic carbocycles. The predicted molar refractivity (Wildman–Crippen MR) is 99.5 cm³/mol. The van der Waals surface area contributed by atoms with Crippen LogP contribution in [-0.4, -0.2) is 31.4 Å². The predicted octanol–water partition coefficient (Wildman–Crippen LogP) is 5.05. The second kappa shape index (κ2) is 8.00. The van der Waals surface area contributed by atoms with Crippen molar-refractivity contribution < 1.29 is 22.4 Å². The minimum Gasteiger partial charge on any atom is -0.449 e. The van der Waals surface area contributed by atoms with Crippen molar-refractivity contribution in [3.8, 4) is 0 Å². The number of fused-ring (bicyclic) bond motifs is 3. The number of nitrogens with one attached hydrogen (secondary N) is 1. The van der Waals surface area contributed by atoms with Crippen molar-refractivity contribution in [1.29, 1.82) is 0 Å². The van der Waals surface area contributed by atoms with E-state index >= 15 is 0 Å². The average Bonchev–Trinajstić information content (AvgIpc) is 2.93. The van der Waals surface area contributed by atoms with E-state index in [2.05, 4.69) is 12.2 Å². The fourth-order valence-electron chi connectivity index (χ4n) is 3.40. The first-order chi connectivity index (χ1) is 12.8. The van der Waals surface area contributed by atoms with Gasteiger partial charge in [0.25, 0.3) is 5.91 Å². The Morgan fingerprint density at radius 3 is 2.81 bits per heavy atom. The minimum atomic E-state index is -4.45. The molecule has 0 aliphatic carbocycles. The van der Waals surface area contributed by atoms with Crippen LogP contribution in [0.15, 0.2) is 22.6 Å². The van der Waals surface area contributed by atoms with Gasteiger partial charge >= 0.3 is 6.18 Å². The van der Waals surface area contributed by atoms with Crippen LogP contribution in [0.25, 0.3) is 11.0 Å². The van der Waals surface area contributed by atoms with Crippen LogP contribution in [0.2, 0.25) is 0 Å². The molecule has 4 nitrogen and oxygen atoms in total. The number of hydrogen-bond donors (Lipinski definition) is 1. The molecule has 1 unspecified atom stereocenters. The van der Waals surface area contributed by atoms with Crippen LogP contribution >= 0.6 is 11.6 Å². The molecule has 0 saturated carbocycles. The van der Waals surface area contributed by atoms with Crippen molar-refractivity contribution in [3.05, 3.63) is 29.5 Å². The number of amides is 1. The zero-order chi connectivity index (χ0) is 19.6. The zero-order valence-electron chi connectivity index (χ0n) is 15.0. The summed E-state index contributed by atoms with van der Waals surface area (Å²) in [4.78, 5) is 14.3. The molecule has 1 aliphatic heterocycles. The summed E-state index contributed by atoms with van der Waals surface area (Å²) in [6, 6.07) is 3.32. The van der Waals surface area contributed by atoms with Gasteiger partial charge in [0.1, 0.15) is 5.58 Å². The molecule has 27 heavy (non-hydrogen) atoms. The molecule has 0 bridgehead atoms. The largest absolute Gasteiger partial charge is 0.449 e. The molecular formula is C19H22ClF3N2O2. The Morgan fingerprint density at radius 1 is 1.33 bits per heavy atom. The van der Waals surface area contributed by atoms with Crippen molar-refractivity contribution in [2.45, 2.75) is 32.4 Å². The zero-order valence-corrected chi connectivity index (χ0v) is 15.8. The normalized spacial score (nSPS) is 16.2. The van der Waals surface area contributed by atoms with Gasteiger partial charge in [-0.05, 0) is 43.4 Å². The molecule has 0 fully saturated rings. The Morgan fingerprint density at radius 2 is 2.11 bits per heavy atom. The van der Waals surface area contributed by atoms with Crippen LogP contribution in [0.1, 0.15) is 42.3 Å². The van der Waals surface area contributed by atoms with Crippen molar-refractivity contribution >= 4 is 34.2 Å². The third kappa shape index (κ3) is 4.34. The van der Waals surface area contributed by atoms with E-state index in [0.717, 1.165) is 31.4 Å². The second-order valence-electron chi connectivity index (χ2n) is 6.96. The van der Waals surface area contributed by atoms with E-state index < -0.39 is 17.6 Å². The van der Waals surface area contributed by atoms with Crippen LogP contribution in [0.4, 0.5) is 18.9 Å². The maximum Gasteiger partial charge on any atom is 0.416 e. The Bertz CT molecular complexity index is 819. The third-order valence-corrected chi connectivity index (χ3v) is 5.17. The van der Waals surface area contributed by atoms with Crippen LogP contribution in [-0.2, 0) is 6.18 Å². The number of anilines is 1. The minimum absolute atomic E-state index is 0.0789. The number of halogens is 4. The number of benzene rings is 1. The quantitative estimate of drug-likeness (QED) is 0.688. The second-order valence-corrected chi connectivity index (χ2v) is 7.33. The van der Waals surface area contributed by atoms with Gasteiger partial charge in [-0.25, -0.2) is 0 Å². The lowest BCUT2D eigenvalue weighted by Crippen LogP contribution is -2.31. The van der Waals surface area contributed by atoms with Crippen molar-refractivity contribution in [3.63, 3.8) is 0 Å².